The number of carbonyl (C=O) groups excluding carboxylic acids is 1. The van der Waals surface area contributed by atoms with E-state index in [1.165, 1.54) is 0 Å². The van der Waals surface area contributed by atoms with E-state index >= 15 is 0 Å². The van der Waals surface area contributed by atoms with E-state index in [9.17, 15) is 4.79 Å². The van der Waals surface area contributed by atoms with Gasteiger partial charge in [0.15, 0.2) is 0 Å². The van der Waals surface area contributed by atoms with Gasteiger partial charge < -0.3 is 4.84 Å². The van der Waals surface area contributed by atoms with Crippen LogP contribution in [0.15, 0.2) is 84.3 Å². The molecule has 3 aromatic rings. The van der Waals surface area contributed by atoms with Gasteiger partial charge in [0, 0.05) is 28.5 Å². The molecular formula is C21H17ClN2O2. The van der Waals surface area contributed by atoms with Gasteiger partial charge >= 0.3 is 5.97 Å². The fourth-order valence-corrected chi connectivity index (χ4v) is 2.55. The van der Waals surface area contributed by atoms with E-state index in [-0.39, 0.29) is 12.4 Å². The largest absolute Gasteiger partial charge is 0.335 e. The Kier molecular flexibility index (Phi) is 6.12. The average Bonchev–Trinajstić information content (AvgIpc) is 2.69. The van der Waals surface area contributed by atoms with Gasteiger partial charge in [-0.15, -0.1) is 0 Å². The lowest BCUT2D eigenvalue weighted by Gasteiger charge is -2.07. The first-order valence-electron chi connectivity index (χ1n) is 8.20. The number of rotatable bonds is 6. The number of hydrogen-bond acceptors (Lipinski definition) is 4. The van der Waals surface area contributed by atoms with E-state index < -0.39 is 0 Å². The monoisotopic (exact) mass is 364 g/mol. The zero-order valence-electron chi connectivity index (χ0n) is 14.0. The average molecular weight is 365 g/mol. The molecule has 130 valence electrons. The third-order valence-electron chi connectivity index (χ3n) is 3.77. The fraction of sp³-hybridized carbons (Fsp3) is 0.0952. The van der Waals surface area contributed by atoms with Gasteiger partial charge in [-0.05, 0) is 36.2 Å². The molecule has 0 aliphatic carbocycles. The van der Waals surface area contributed by atoms with Gasteiger partial charge in [0.2, 0.25) is 0 Å². The molecule has 0 atom stereocenters. The van der Waals surface area contributed by atoms with Crippen LogP contribution >= 0.6 is 11.6 Å². The molecule has 3 rings (SSSR count). The quantitative estimate of drug-likeness (QED) is 0.363. The second kappa shape index (κ2) is 8.92. The number of hydrogen-bond donors (Lipinski definition) is 0. The van der Waals surface area contributed by atoms with Crippen molar-refractivity contribution >= 4 is 23.3 Å². The summed E-state index contributed by atoms with van der Waals surface area (Å²) in [7, 11) is 0. The maximum absolute atomic E-state index is 12.1. The molecule has 26 heavy (non-hydrogen) atoms. The zero-order chi connectivity index (χ0) is 18.2. The summed E-state index contributed by atoms with van der Waals surface area (Å²) < 4.78 is 0. The van der Waals surface area contributed by atoms with Gasteiger partial charge in [-0.25, -0.2) is 4.79 Å². The van der Waals surface area contributed by atoms with Crippen LogP contribution in [0.4, 0.5) is 0 Å². The summed E-state index contributed by atoms with van der Waals surface area (Å²) in [5.41, 5.74) is 3.24. The van der Waals surface area contributed by atoms with Gasteiger partial charge in [-0.1, -0.05) is 59.2 Å². The van der Waals surface area contributed by atoms with Crippen molar-refractivity contribution in [3.63, 3.8) is 0 Å². The number of oxime groups is 1. The number of benzene rings is 2. The molecule has 0 N–H and O–H groups in total. The fourth-order valence-electron chi connectivity index (χ4n) is 2.42. The predicted octanol–water partition coefficient (Wildman–Crippen LogP) is 4.66. The molecule has 0 fully saturated rings. The van der Waals surface area contributed by atoms with Crippen molar-refractivity contribution in [2.45, 2.75) is 12.8 Å². The first-order chi connectivity index (χ1) is 12.7. The van der Waals surface area contributed by atoms with Gasteiger partial charge in [0.25, 0.3) is 0 Å². The van der Waals surface area contributed by atoms with Gasteiger partial charge in [0.1, 0.15) is 5.71 Å². The van der Waals surface area contributed by atoms with Crippen molar-refractivity contribution in [1.29, 1.82) is 0 Å². The summed E-state index contributed by atoms with van der Waals surface area (Å²) in [5, 5.41) is 4.73. The van der Waals surface area contributed by atoms with E-state index in [1.807, 2.05) is 54.6 Å². The van der Waals surface area contributed by atoms with Crippen LogP contribution in [-0.2, 0) is 16.1 Å². The summed E-state index contributed by atoms with van der Waals surface area (Å²) in [4.78, 5) is 21.2. The number of pyridine rings is 1. The minimum Gasteiger partial charge on any atom is -0.318 e. The number of halogens is 1. The van der Waals surface area contributed by atoms with Crippen LogP contribution in [0.3, 0.4) is 0 Å². The van der Waals surface area contributed by atoms with E-state index in [1.54, 1.807) is 24.5 Å². The first-order valence-corrected chi connectivity index (χ1v) is 8.58. The molecule has 1 heterocycles. The second-order valence-electron chi connectivity index (χ2n) is 5.63. The normalized spacial score (nSPS) is 11.2. The Hall–Kier alpha value is -2.98. The SMILES string of the molecule is O=C(CCc1ccccc1)O/N=C(\c1ccncc1)c1ccc(Cl)cc1. The Balaban J connectivity index is 1.74. The van der Waals surface area contributed by atoms with Crippen molar-refractivity contribution in [3.05, 3.63) is 101 Å². The maximum Gasteiger partial charge on any atom is 0.335 e. The minimum absolute atomic E-state index is 0.262. The van der Waals surface area contributed by atoms with E-state index in [4.69, 9.17) is 16.4 Å². The molecule has 0 spiro atoms. The predicted molar refractivity (Wildman–Crippen MR) is 102 cm³/mol. The third-order valence-corrected chi connectivity index (χ3v) is 4.02. The number of carbonyl (C=O) groups is 1. The third kappa shape index (κ3) is 5.01. The first kappa shape index (κ1) is 17.8. The van der Waals surface area contributed by atoms with Crippen LogP contribution in [0, 0.1) is 0 Å². The van der Waals surface area contributed by atoms with E-state index in [0.717, 1.165) is 16.7 Å². The molecule has 0 saturated heterocycles. The highest BCUT2D eigenvalue weighted by Crippen LogP contribution is 2.15. The number of aryl methyl sites for hydroxylation is 1. The molecular weight excluding hydrogens is 348 g/mol. The van der Waals surface area contributed by atoms with Crippen LogP contribution < -0.4 is 0 Å². The Labute approximate surface area is 157 Å². The zero-order valence-corrected chi connectivity index (χ0v) is 14.8. The molecule has 4 nitrogen and oxygen atoms in total. The second-order valence-corrected chi connectivity index (χ2v) is 6.07. The summed E-state index contributed by atoms with van der Waals surface area (Å²) in [6.45, 7) is 0. The van der Waals surface area contributed by atoms with Crippen LogP contribution in [0.1, 0.15) is 23.1 Å². The number of nitrogens with zero attached hydrogens (tertiary/aromatic N) is 2. The summed E-state index contributed by atoms with van der Waals surface area (Å²) >= 11 is 5.95. The number of aromatic nitrogens is 1. The van der Waals surface area contributed by atoms with E-state index in [2.05, 4.69) is 10.1 Å². The van der Waals surface area contributed by atoms with Crippen LogP contribution in [0.2, 0.25) is 5.02 Å². The molecule has 0 bridgehead atoms. The van der Waals surface area contributed by atoms with Crippen molar-refractivity contribution in [1.82, 2.24) is 4.98 Å². The lowest BCUT2D eigenvalue weighted by Crippen LogP contribution is -2.08. The van der Waals surface area contributed by atoms with Gasteiger partial charge in [0.05, 0.1) is 6.42 Å². The Morgan fingerprint density at radius 3 is 2.27 bits per heavy atom. The van der Waals surface area contributed by atoms with Crippen molar-refractivity contribution < 1.29 is 9.63 Å². The maximum atomic E-state index is 12.1. The summed E-state index contributed by atoms with van der Waals surface area (Å²) in [6.07, 6.45) is 4.20. The Bertz CT molecular complexity index is 879. The van der Waals surface area contributed by atoms with Crippen LogP contribution in [0.5, 0.6) is 0 Å². The smallest absolute Gasteiger partial charge is 0.318 e. The molecule has 0 amide bonds. The highest BCUT2D eigenvalue weighted by Gasteiger charge is 2.10. The molecule has 0 radical (unpaired) electrons. The summed E-state index contributed by atoms with van der Waals surface area (Å²) in [6, 6.07) is 20.6. The van der Waals surface area contributed by atoms with E-state index in [0.29, 0.717) is 17.2 Å². The molecule has 2 aromatic carbocycles. The highest BCUT2D eigenvalue weighted by atomic mass is 35.5. The lowest BCUT2D eigenvalue weighted by atomic mass is 10.0. The van der Waals surface area contributed by atoms with Crippen molar-refractivity contribution in [2.24, 2.45) is 5.16 Å². The molecule has 1 aromatic heterocycles. The Morgan fingerprint density at radius 1 is 0.923 bits per heavy atom. The minimum atomic E-state index is -0.380. The molecule has 0 aliphatic heterocycles. The van der Waals surface area contributed by atoms with Crippen molar-refractivity contribution in [3.8, 4) is 0 Å². The highest BCUT2D eigenvalue weighted by molar-refractivity contribution is 6.30. The van der Waals surface area contributed by atoms with Crippen LogP contribution in [-0.4, -0.2) is 16.7 Å². The lowest BCUT2D eigenvalue weighted by molar-refractivity contribution is -0.143. The van der Waals surface area contributed by atoms with Gasteiger partial charge in [-0.3, -0.25) is 4.98 Å². The van der Waals surface area contributed by atoms with Crippen LogP contribution in [0.25, 0.3) is 0 Å². The molecule has 0 unspecified atom stereocenters. The summed E-state index contributed by atoms with van der Waals surface area (Å²) in [5.74, 6) is -0.380. The molecule has 0 saturated carbocycles. The molecule has 0 aliphatic rings. The van der Waals surface area contributed by atoms with Gasteiger partial charge in [-0.2, -0.15) is 0 Å². The Morgan fingerprint density at radius 2 is 1.58 bits per heavy atom. The standard InChI is InChI=1S/C21H17ClN2O2/c22-19-9-7-17(8-10-19)21(18-12-14-23-15-13-18)24-26-20(25)11-6-16-4-2-1-3-5-16/h1-5,7-10,12-15H,6,11H2/b24-21-. The van der Waals surface area contributed by atoms with Crippen molar-refractivity contribution in [2.75, 3.05) is 0 Å². The topological polar surface area (TPSA) is 51.5 Å². The molecule has 5 heteroatoms.